The third kappa shape index (κ3) is 8.44. The van der Waals surface area contributed by atoms with Crippen molar-refractivity contribution in [2.45, 2.75) is 32.9 Å². The van der Waals surface area contributed by atoms with Crippen molar-refractivity contribution in [3.05, 3.63) is 36.0 Å². The fourth-order valence-corrected chi connectivity index (χ4v) is 1.66. The smallest absolute Gasteiger partial charge is 0.148 e. The Bertz CT molecular complexity index is 469. The summed E-state index contributed by atoms with van der Waals surface area (Å²) >= 11 is 0. The molecule has 0 fully saturated rings. The molecule has 0 spiro atoms. The second-order valence-electron chi connectivity index (χ2n) is 5.51. The highest BCUT2D eigenvalue weighted by molar-refractivity contribution is 5.77. The van der Waals surface area contributed by atoms with Crippen molar-refractivity contribution in [3.8, 4) is 5.75 Å². The Kier molecular flexibility index (Phi) is 8.25. The number of ether oxygens (including phenoxy) is 1. The summed E-state index contributed by atoms with van der Waals surface area (Å²) in [7, 11) is 0. The first-order chi connectivity index (χ1) is 10.5. The Hall–Kier alpha value is -1.85. The lowest BCUT2D eigenvalue weighted by atomic mass is 10.2. The van der Waals surface area contributed by atoms with Gasteiger partial charge in [-0.15, -0.1) is 0 Å². The van der Waals surface area contributed by atoms with Crippen molar-refractivity contribution in [3.63, 3.8) is 0 Å². The van der Waals surface area contributed by atoms with E-state index in [0.717, 1.165) is 11.3 Å². The van der Waals surface area contributed by atoms with Gasteiger partial charge in [0.2, 0.25) is 0 Å². The number of ketones is 1. The lowest BCUT2D eigenvalue weighted by molar-refractivity contribution is -0.116. The van der Waals surface area contributed by atoms with Gasteiger partial charge in [0.05, 0.1) is 6.54 Å². The number of hydrogen-bond acceptors (Lipinski definition) is 5. The third-order valence-corrected chi connectivity index (χ3v) is 2.83. The maximum Gasteiger partial charge on any atom is 0.148 e. The summed E-state index contributed by atoms with van der Waals surface area (Å²) < 4.78 is 5.54. The van der Waals surface area contributed by atoms with Crippen LogP contribution < -0.4 is 15.4 Å². The van der Waals surface area contributed by atoms with Gasteiger partial charge in [-0.1, -0.05) is 26.0 Å². The molecule has 0 aliphatic carbocycles. The highest BCUT2D eigenvalue weighted by Gasteiger charge is 2.05. The topological polar surface area (TPSA) is 70.6 Å². The quantitative estimate of drug-likeness (QED) is 0.612. The number of Topliss-reactive ketones (excluding diaryl/α,β-unsaturated/α-hetero) is 1. The zero-order chi connectivity index (χ0) is 16.4. The highest BCUT2D eigenvalue weighted by Crippen LogP contribution is 2.13. The van der Waals surface area contributed by atoms with Gasteiger partial charge in [0.1, 0.15) is 24.2 Å². The summed E-state index contributed by atoms with van der Waals surface area (Å²) in [6.07, 6.45) is 3.10. The molecule has 1 aromatic carbocycles. The second-order valence-corrected chi connectivity index (χ2v) is 5.51. The van der Waals surface area contributed by atoms with E-state index >= 15 is 0 Å². The van der Waals surface area contributed by atoms with E-state index in [9.17, 15) is 9.90 Å². The minimum absolute atomic E-state index is 0.0962. The Morgan fingerprint density at radius 1 is 1.32 bits per heavy atom. The summed E-state index contributed by atoms with van der Waals surface area (Å²) in [5, 5.41) is 15.8. The van der Waals surface area contributed by atoms with Crippen molar-refractivity contribution in [1.29, 1.82) is 0 Å². The molecule has 0 saturated heterocycles. The third-order valence-electron chi connectivity index (χ3n) is 2.83. The number of hydrogen-bond donors (Lipinski definition) is 3. The van der Waals surface area contributed by atoms with Crippen LogP contribution in [0.4, 0.5) is 0 Å². The maximum atomic E-state index is 10.8. The number of aliphatic hydroxyl groups is 1. The summed E-state index contributed by atoms with van der Waals surface area (Å²) in [4.78, 5) is 10.8. The van der Waals surface area contributed by atoms with Gasteiger partial charge in [-0.25, -0.2) is 0 Å². The van der Waals surface area contributed by atoms with Crippen LogP contribution in [0.3, 0.4) is 0 Å². The zero-order valence-electron chi connectivity index (χ0n) is 13.5. The van der Waals surface area contributed by atoms with Gasteiger partial charge in [-0.05, 0) is 36.9 Å². The Morgan fingerprint density at radius 3 is 2.59 bits per heavy atom. The lowest BCUT2D eigenvalue weighted by Gasteiger charge is -2.15. The average Bonchev–Trinajstić information content (AvgIpc) is 2.48. The molecule has 0 saturated carbocycles. The van der Waals surface area contributed by atoms with Gasteiger partial charge in [-0.2, -0.15) is 0 Å². The van der Waals surface area contributed by atoms with E-state index in [1.54, 1.807) is 6.20 Å². The van der Waals surface area contributed by atoms with Crippen LogP contribution in [-0.2, 0) is 4.79 Å². The molecular formula is C17H26N2O3. The number of nitrogens with one attached hydrogen (secondary N) is 2. The molecular weight excluding hydrogens is 280 g/mol. The number of carbonyl (C=O) groups is 1. The molecule has 1 atom stereocenters. The molecule has 1 unspecified atom stereocenters. The molecule has 0 amide bonds. The number of benzene rings is 1. The van der Waals surface area contributed by atoms with E-state index in [4.69, 9.17) is 4.74 Å². The van der Waals surface area contributed by atoms with E-state index in [-0.39, 0.29) is 12.4 Å². The first kappa shape index (κ1) is 18.2. The predicted molar refractivity (Wildman–Crippen MR) is 88.8 cm³/mol. The standard InChI is InChI=1S/C17H26N2O3/c1-13(2)19-11-16(21)12-22-17-6-4-15(5-7-17)8-9-18-10-14(3)20/h4-9,13,16,18-19,21H,10-12H2,1-3H3. The number of rotatable bonds is 10. The van der Waals surface area contributed by atoms with E-state index in [2.05, 4.69) is 10.6 Å². The van der Waals surface area contributed by atoms with Gasteiger partial charge in [0, 0.05) is 12.6 Å². The van der Waals surface area contributed by atoms with Crippen LogP contribution in [0.2, 0.25) is 0 Å². The summed E-state index contributed by atoms with van der Waals surface area (Å²) in [5.41, 5.74) is 1.01. The first-order valence-corrected chi connectivity index (χ1v) is 7.51. The highest BCUT2D eigenvalue weighted by atomic mass is 16.5. The fraction of sp³-hybridized carbons (Fsp3) is 0.471. The molecule has 3 N–H and O–H groups in total. The molecule has 1 rings (SSSR count). The molecule has 5 heteroatoms. The number of aliphatic hydroxyl groups excluding tert-OH is 1. The van der Waals surface area contributed by atoms with E-state index in [1.165, 1.54) is 6.92 Å². The molecule has 0 aromatic heterocycles. The Morgan fingerprint density at radius 2 is 2.00 bits per heavy atom. The van der Waals surface area contributed by atoms with Gasteiger partial charge in [0.15, 0.2) is 0 Å². The maximum absolute atomic E-state index is 10.8. The minimum Gasteiger partial charge on any atom is -0.491 e. The lowest BCUT2D eigenvalue weighted by Crippen LogP contribution is -2.35. The van der Waals surface area contributed by atoms with Crippen LogP contribution in [0.5, 0.6) is 5.75 Å². The summed E-state index contributed by atoms with van der Waals surface area (Å²) in [6.45, 7) is 6.71. The average molecular weight is 306 g/mol. The summed E-state index contributed by atoms with van der Waals surface area (Å²) in [6, 6.07) is 7.89. The van der Waals surface area contributed by atoms with Crippen molar-refractivity contribution in [1.82, 2.24) is 10.6 Å². The van der Waals surface area contributed by atoms with E-state index in [0.29, 0.717) is 19.1 Å². The predicted octanol–water partition coefficient (Wildman–Crippen LogP) is 1.57. The molecule has 22 heavy (non-hydrogen) atoms. The molecule has 0 aliphatic rings. The van der Waals surface area contributed by atoms with Crippen LogP contribution in [-0.4, -0.2) is 42.7 Å². The molecule has 122 valence electrons. The van der Waals surface area contributed by atoms with Gasteiger partial charge in [0.25, 0.3) is 0 Å². The molecule has 0 bridgehead atoms. The molecule has 0 heterocycles. The molecule has 0 aliphatic heterocycles. The van der Waals surface area contributed by atoms with Crippen LogP contribution in [0.15, 0.2) is 30.5 Å². The molecule has 0 radical (unpaired) electrons. The molecule has 1 aromatic rings. The van der Waals surface area contributed by atoms with Crippen molar-refractivity contribution in [2.75, 3.05) is 19.7 Å². The van der Waals surface area contributed by atoms with Crippen molar-refractivity contribution >= 4 is 11.9 Å². The van der Waals surface area contributed by atoms with Gasteiger partial charge < -0.3 is 20.5 Å². The first-order valence-electron chi connectivity index (χ1n) is 7.51. The molecule has 5 nitrogen and oxygen atoms in total. The minimum atomic E-state index is -0.530. The zero-order valence-corrected chi connectivity index (χ0v) is 13.5. The van der Waals surface area contributed by atoms with Gasteiger partial charge >= 0.3 is 0 Å². The second kappa shape index (κ2) is 9.97. The monoisotopic (exact) mass is 306 g/mol. The normalized spacial score (nSPS) is 12.6. The van der Waals surface area contributed by atoms with Crippen LogP contribution in [0.25, 0.3) is 6.08 Å². The largest absolute Gasteiger partial charge is 0.491 e. The van der Waals surface area contributed by atoms with Crippen LogP contribution in [0, 0.1) is 0 Å². The summed E-state index contributed by atoms with van der Waals surface area (Å²) in [5.74, 6) is 0.816. The SMILES string of the molecule is CC(=O)CNC=Cc1ccc(OCC(O)CNC(C)C)cc1. The van der Waals surface area contributed by atoms with Gasteiger partial charge in [-0.3, -0.25) is 4.79 Å². The fourth-order valence-electron chi connectivity index (χ4n) is 1.66. The Labute approximate surface area is 132 Å². The van der Waals surface area contributed by atoms with Crippen LogP contribution in [0.1, 0.15) is 26.3 Å². The Balaban J connectivity index is 2.33. The van der Waals surface area contributed by atoms with E-state index in [1.807, 2.05) is 44.2 Å². The van der Waals surface area contributed by atoms with Crippen LogP contribution >= 0.6 is 0 Å². The van der Waals surface area contributed by atoms with E-state index < -0.39 is 6.10 Å². The number of carbonyl (C=O) groups excluding carboxylic acids is 1. The van der Waals surface area contributed by atoms with Crippen molar-refractivity contribution in [2.24, 2.45) is 0 Å². The van der Waals surface area contributed by atoms with Crippen molar-refractivity contribution < 1.29 is 14.6 Å².